The summed E-state index contributed by atoms with van der Waals surface area (Å²) in [5.41, 5.74) is 3.29. The number of nitrogens with one attached hydrogen (secondary N) is 2. The molecule has 0 atom stereocenters. The van der Waals surface area contributed by atoms with Gasteiger partial charge in [-0.2, -0.15) is 5.10 Å². The van der Waals surface area contributed by atoms with E-state index in [0.717, 1.165) is 5.56 Å². The molecule has 4 rings (SSSR count). The number of sulfonamides is 1. The van der Waals surface area contributed by atoms with Crippen molar-refractivity contribution in [3.8, 4) is 0 Å². The number of nitrogens with zero attached hydrogens (tertiary/aromatic N) is 3. The first-order valence-electron chi connectivity index (χ1n) is 9.54. The maximum atomic E-state index is 13.0. The Kier molecular flexibility index (Phi) is 5.20. The van der Waals surface area contributed by atoms with Gasteiger partial charge in [0.15, 0.2) is 5.65 Å². The van der Waals surface area contributed by atoms with Crippen molar-refractivity contribution in [2.45, 2.75) is 18.7 Å². The van der Waals surface area contributed by atoms with Crippen LogP contribution in [0.4, 0.5) is 11.4 Å². The summed E-state index contributed by atoms with van der Waals surface area (Å²) in [6, 6.07) is 15.3. The van der Waals surface area contributed by atoms with Gasteiger partial charge in [0, 0.05) is 24.3 Å². The number of hydrogen-bond acceptors (Lipinski definition) is 5. The molecule has 4 aromatic rings. The third-order valence-electron chi connectivity index (χ3n) is 4.84. The maximum absolute atomic E-state index is 13.0. The first kappa shape index (κ1) is 20.5. The number of carbonyl (C=O) groups excluding carboxylic acids is 1. The molecule has 8 nitrogen and oxygen atoms in total. The fourth-order valence-electron chi connectivity index (χ4n) is 3.33. The highest BCUT2D eigenvalue weighted by molar-refractivity contribution is 7.92. The summed E-state index contributed by atoms with van der Waals surface area (Å²) in [7, 11) is -2.23. The van der Waals surface area contributed by atoms with E-state index in [4.69, 9.17) is 0 Å². The second kappa shape index (κ2) is 7.84. The summed E-state index contributed by atoms with van der Waals surface area (Å²) in [6.45, 7) is 3.71. The minimum Gasteiger partial charge on any atom is -0.322 e. The summed E-state index contributed by atoms with van der Waals surface area (Å²) in [5, 5.41) is 7.72. The number of pyridine rings is 1. The zero-order valence-electron chi connectivity index (χ0n) is 17.2. The molecule has 0 unspecified atom stereocenters. The molecular formula is C22H21N5O3S. The van der Waals surface area contributed by atoms with E-state index in [9.17, 15) is 13.2 Å². The van der Waals surface area contributed by atoms with E-state index >= 15 is 0 Å². The minimum atomic E-state index is -3.98. The normalized spacial score (nSPS) is 11.5. The van der Waals surface area contributed by atoms with E-state index in [-0.39, 0.29) is 16.1 Å². The minimum absolute atomic E-state index is 0.00926. The molecule has 0 aliphatic carbocycles. The molecule has 2 aromatic carbocycles. The SMILES string of the molecule is Cc1cccc(NC(=O)c2ccccc2NS(=O)(=O)c2cnc3c(c2)c(C)nn3C)c1. The van der Waals surface area contributed by atoms with Crippen LogP contribution in [0.5, 0.6) is 0 Å². The maximum Gasteiger partial charge on any atom is 0.263 e. The zero-order chi connectivity index (χ0) is 22.2. The van der Waals surface area contributed by atoms with Crippen molar-refractivity contribution in [3.05, 3.63) is 77.6 Å². The average Bonchev–Trinajstić information content (AvgIpc) is 3.01. The van der Waals surface area contributed by atoms with Crippen LogP contribution in [-0.2, 0) is 17.1 Å². The Balaban J connectivity index is 1.65. The number of hydrogen-bond donors (Lipinski definition) is 2. The second-order valence-electron chi connectivity index (χ2n) is 7.23. The van der Waals surface area contributed by atoms with Crippen LogP contribution in [0.3, 0.4) is 0 Å². The van der Waals surface area contributed by atoms with E-state index in [1.807, 2.05) is 25.1 Å². The smallest absolute Gasteiger partial charge is 0.263 e. The number of benzene rings is 2. The van der Waals surface area contributed by atoms with Crippen LogP contribution >= 0.6 is 0 Å². The number of anilines is 2. The van der Waals surface area contributed by atoms with Gasteiger partial charge in [-0.3, -0.25) is 14.2 Å². The molecule has 2 N–H and O–H groups in total. The van der Waals surface area contributed by atoms with Gasteiger partial charge in [-0.25, -0.2) is 13.4 Å². The van der Waals surface area contributed by atoms with Crippen molar-refractivity contribution in [1.29, 1.82) is 0 Å². The van der Waals surface area contributed by atoms with Crippen molar-refractivity contribution in [1.82, 2.24) is 14.8 Å². The molecule has 0 radical (unpaired) electrons. The molecule has 0 bridgehead atoms. The number of aromatic nitrogens is 3. The lowest BCUT2D eigenvalue weighted by Gasteiger charge is -2.13. The molecule has 2 aromatic heterocycles. The lowest BCUT2D eigenvalue weighted by Crippen LogP contribution is -2.18. The highest BCUT2D eigenvalue weighted by Crippen LogP contribution is 2.24. The van der Waals surface area contributed by atoms with Crippen LogP contribution in [0.2, 0.25) is 0 Å². The number of para-hydroxylation sites is 1. The molecule has 0 fully saturated rings. The van der Waals surface area contributed by atoms with Crippen molar-refractivity contribution in [3.63, 3.8) is 0 Å². The second-order valence-corrected chi connectivity index (χ2v) is 8.91. The topological polar surface area (TPSA) is 106 Å². The molecule has 158 valence electrons. The zero-order valence-corrected chi connectivity index (χ0v) is 18.1. The number of carbonyl (C=O) groups is 1. The average molecular weight is 436 g/mol. The molecule has 9 heteroatoms. The van der Waals surface area contributed by atoms with Crippen molar-refractivity contribution in [2.24, 2.45) is 7.05 Å². The number of aryl methyl sites for hydroxylation is 3. The third-order valence-corrected chi connectivity index (χ3v) is 6.17. The van der Waals surface area contributed by atoms with Gasteiger partial charge in [0.05, 0.1) is 16.9 Å². The largest absolute Gasteiger partial charge is 0.322 e. The van der Waals surface area contributed by atoms with Crippen LogP contribution in [-0.4, -0.2) is 29.1 Å². The third kappa shape index (κ3) is 4.13. The molecule has 0 spiro atoms. The first-order valence-corrected chi connectivity index (χ1v) is 11.0. The number of rotatable bonds is 5. The van der Waals surface area contributed by atoms with Gasteiger partial charge in [0.2, 0.25) is 0 Å². The Labute approximate surface area is 180 Å². The van der Waals surface area contributed by atoms with E-state index in [2.05, 4.69) is 20.1 Å². The van der Waals surface area contributed by atoms with E-state index < -0.39 is 15.9 Å². The fraction of sp³-hybridized carbons (Fsp3) is 0.136. The Bertz CT molecular complexity index is 1410. The highest BCUT2D eigenvalue weighted by Gasteiger charge is 2.21. The summed E-state index contributed by atoms with van der Waals surface area (Å²) in [5.74, 6) is -0.416. The molecule has 2 heterocycles. The molecule has 0 saturated heterocycles. The lowest BCUT2D eigenvalue weighted by atomic mass is 10.1. The van der Waals surface area contributed by atoms with Crippen LogP contribution in [0.15, 0.2) is 65.7 Å². The van der Waals surface area contributed by atoms with E-state index in [1.165, 1.54) is 12.3 Å². The van der Waals surface area contributed by atoms with E-state index in [0.29, 0.717) is 22.4 Å². The summed E-state index contributed by atoms with van der Waals surface area (Å²) < 4.78 is 30.2. The van der Waals surface area contributed by atoms with Gasteiger partial charge in [-0.05, 0) is 49.7 Å². The van der Waals surface area contributed by atoms with Gasteiger partial charge in [-0.15, -0.1) is 0 Å². The monoisotopic (exact) mass is 435 g/mol. The number of amides is 1. The van der Waals surface area contributed by atoms with Crippen molar-refractivity contribution < 1.29 is 13.2 Å². The molecule has 0 aliphatic rings. The van der Waals surface area contributed by atoms with E-state index in [1.54, 1.807) is 49.0 Å². The molecule has 0 saturated carbocycles. The van der Waals surface area contributed by atoms with Crippen LogP contribution in [0, 0.1) is 13.8 Å². The fourth-order valence-corrected chi connectivity index (χ4v) is 4.38. The number of fused-ring (bicyclic) bond motifs is 1. The van der Waals surface area contributed by atoms with Crippen molar-refractivity contribution in [2.75, 3.05) is 10.0 Å². The standard InChI is InChI=1S/C22H21N5O3S/c1-14-7-6-8-16(11-14)24-22(28)18-9-4-5-10-20(18)26-31(29,30)17-12-19-15(2)25-27(3)21(19)23-13-17/h4-13,26H,1-3H3,(H,24,28). The summed E-state index contributed by atoms with van der Waals surface area (Å²) >= 11 is 0. The summed E-state index contributed by atoms with van der Waals surface area (Å²) in [4.78, 5) is 17.0. The quantitative estimate of drug-likeness (QED) is 0.498. The Morgan fingerprint density at radius 1 is 1.03 bits per heavy atom. The molecule has 0 aliphatic heterocycles. The van der Waals surface area contributed by atoms with Gasteiger partial charge >= 0.3 is 0 Å². The van der Waals surface area contributed by atoms with Crippen LogP contribution in [0.25, 0.3) is 11.0 Å². The Morgan fingerprint density at radius 2 is 1.81 bits per heavy atom. The molecule has 1 amide bonds. The lowest BCUT2D eigenvalue weighted by molar-refractivity contribution is 0.102. The predicted molar refractivity (Wildman–Crippen MR) is 120 cm³/mol. The highest BCUT2D eigenvalue weighted by atomic mass is 32.2. The van der Waals surface area contributed by atoms with Crippen LogP contribution in [0.1, 0.15) is 21.6 Å². The molecule has 31 heavy (non-hydrogen) atoms. The van der Waals surface area contributed by atoms with Crippen LogP contribution < -0.4 is 10.0 Å². The van der Waals surface area contributed by atoms with Gasteiger partial charge < -0.3 is 5.32 Å². The summed E-state index contributed by atoms with van der Waals surface area (Å²) in [6.07, 6.45) is 1.28. The first-order chi connectivity index (χ1) is 14.7. The Hall–Kier alpha value is -3.72. The Morgan fingerprint density at radius 3 is 2.58 bits per heavy atom. The predicted octanol–water partition coefficient (Wildman–Crippen LogP) is 3.64. The van der Waals surface area contributed by atoms with Gasteiger partial charge in [-0.1, -0.05) is 24.3 Å². The molecular weight excluding hydrogens is 414 g/mol. The van der Waals surface area contributed by atoms with Gasteiger partial charge in [0.1, 0.15) is 4.90 Å². The van der Waals surface area contributed by atoms with Gasteiger partial charge in [0.25, 0.3) is 15.9 Å². The van der Waals surface area contributed by atoms with Crippen molar-refractivity contribution >= 4 is 38.3 Å².